The molecular weight excluding hydrogens is 294 g/mol. The summed E-state index contributed by atoms with van der Waals surface area (Å²) >= 11 is 1.76. The van der Waals surface area contributed by atoms with Crippen LogP contribution in [0.2, 0.25) is 0 Å². The molecule has 0 aliphatic carbocycles. The molecule has 1 heterocycles. The van der Waals surface area contributed by atoms with E-state index in [0.717, 1.165) is 25.8 Å². The van der Waals surface area contributed by atoms with Crippen LogP contribution >= 0.6 is 11.8 Å². The summed E-state index contributed by atoms with van der Waals surface area (Å²) in [5.74, 6) is -0.847. The van der Waals surface area contributed by atoms with Gasteiger partial charge in [0, 0.05) is 17.5 Å². The highest BCUT2D eigenvalue weighted by molar-refractivity contribution is 7.98. The number of carbonyl (C=O) groups is 1. The van der Waals surface area contributed by atoms with Gasteiger partial charge in [-0.3, -0.25) is 9.69 Å². The average molecular weight is 321 g/mol. The van der Waals surface area contributed by atoms with E-state index in [0.29, 0.717) is 12.6 Å². The Labute approximate surface area is 138 Å². The Morgan fingerprint density at radius 2 is 2.14 bits per heavy atom. The first-order chi connectivity index (χ1) is 10.7. The molecule has 2 unspecified atom stereocenters. The summed E-state index contributed by atoms with van der Waals surface area (Å²) < 4.78 is 0. The highest BCUT2D eigenvalue weighted by Gasteiger charge is 2.30. The summed E-state index contributed by atoms with van der Waals surface area (Å²) in [7, 11) is 0. The fourth-order valence-corrected chi connectivity index (χ4v) is 3.68. The summed E-state index contributed by atoms with van der Waals surface area (Å²) in [5.41, 5.74) is 1.33. The lowest BCUT2D eigenvalue weighted by atomic mass is 9.92. The first-order valence-corrected chi connectivity index (χ1v) is 9.49. The normalized spacial score (nSPS) is 20.7. The lowest BCUT2D eigenvalue weighted by Crippen LogP contribution is -2.40. The van der Waals surface area contributed by atoms with Crippen molar-refractivity contribution in [3.63, 3.8) is 0 Å². The minimum Gasteiger partial charge on any atom is -0.481 e. The lowest BCUT2D eigenvalue weighted by Gasteiger charge is -2.37. The van der Waals surface area contributed by atoms with Crippen LogP contribution in [-0.4, -0.2) is 35.3 Å². The van der Waals surface area contributed by atoms with E-state index < -0.39 is 5.97 Å². The van der Waals surface area contributed by atoms with Gasteiger partial charge in [0.25, 0.3) is 0 Å². The number of unbranched alkanes of at least 4 members (excludes halogenated alkanes) is 1. The van der Waals surface area contributed by atoms with E-state index in [-0.39, 0.29) is 5.92 Å². The zero-order valence-electron chi connectivity index (χ0n) is 13.6. The molecule has 2 atom stereocenters. The molecule has 122 valence electrons. The molecule has 3 nitrogen and oxygen atoms in total. The van der Waals surface area contributed by atoms with Gasteiger partial charge in [-0.05, 0) is 49.8 Å². The maximum atomic E-state index is 11.3. The van der Waals surface area contributed by atoms with Crippen molar-refractivity contribution in [2.24, 2.45) is 5.92 Å². The second-order valence-corrected chi connectivity index (χ2v) is 6.98. The van der Waals surface area contributed by atoms with Crippen LogP contribution in [0.15, 0.2) is 29.2 Å². The maximum absolute atomic E-state index is 11.3. The molecule has 4 heteroatoms. The molecule has 1 aliphatic rings. The Morgan fingerprint density at radius 1 is 1.41 bits per heavy atom. The first-order valence-electron chi connectivity index (χ1n) is 8.26. The van der Waals surface area contributed by atoms with E-state index >= 15 is 0 Å². The molecule has 1 aromatic rings. The van der Waals surface area contributed by atoms with Crippen molar-refractivity contribution in [2.45, 2.75) is 50.0 Å². The van der Waals surface area contributed by atoms with Gasteiger partial charge in [0.1, 0.15) is 0 Å². The Morgan fingerprint density at radius 3 is 2.73 bits per heavy atom. The first kappa shape index (κ1) is 17.4. The van der Waals surface area contributed by atoms with Crippen LogP contribution in [0, 0.1) is 5.92 Å². The third kappa shape index (κ3) is 4.50. The van der Waals surface area contributed by atoms with Crippen molar-refractivity contribution in [3.8, 4) is 0 Å². The van der Waals surface area contributed by atoms with Gasteiger partial charge in [-0.2, -0.15) is 0 Å². The van der Waals surface area contributed by atoms with Crippen molar-refractivity contribution in [2.75, 3.05) is 19.3 Å². The highest BCUT2D eigenvalue weighted by Crippen LogP contribution is 2.32. The number of carboxylic acid groups (broad SMARTS) is 1. The van der Waals surface area contributed by atoms with Gasteiger partial charge >= 0.3 is 5.97 Å². The van der Waals surface area contributed by atoms with Crippen molar-refractivity contribution in [1.29, 1.82) is 0 Å². The fraction of sp³-hybridized carbons (Fsp3) is 0.611. The molecule has 0 amide bonds. The molecule has 1 aromatic carbocycles. The van der Waals surface area contributed by atoms with Crippen LogP contribution in [-0.2, 0) is 4.79 Å². The smallest absolute Gasteiger partial charge is 0.307 e. The van der Waals surface area contributed by atoms with Gasteiger partial charge in [0.15, 0.2) is 0 Å². The maximum Gasteiger partial charge on any atom is 0.307 e. The molecule has 0 aromatic heterocycles. The van der Waals surface area contributed by atoms with Crippen molar-refractivity contribution in [3.05, 3.63) is 29.8 Å². The van der Waals surface area contributed by atoms with Gasteiger partial charge in [-0.25, -0.2) is 0 Å². The van der Waals surface area contributed by atoms with E-state index in [9.17, 15) is 9.90 Å². The minimum absolute atomic E-state index is 0.205. The van der Waals surface area contributed by atoms with Crippen LogP contribution < -0.4 is 0 Å². The molecule has 0 saturated carbocycles. The standard InChI is InChI=1S/C18H27NO2S/c1-3-4-7-17(14-8-10-16(22-2)11-9-14)19-12-5-6-15(13-19)18(20)21/h8-11,15,17H,3-7,12-13H2,1-2H3,(H,20,21). The average Bonchev–Trinajstić information content (AvgIpc) is 2.56. The van der Waals surface area contributed by atoms with Crippen molar-refractivity contribution < 1.29 is 9.90 Å². The van der Waals surface area contributed by atoms with Crippen LogP contribution in [0.4, 0.5) is 0 Å². The number of benzene rings is 1. The number of thioether (sulfide) groups is 1. The van der Waals surface area contributed by atoms with E-state index in [2.05, 4.69) is 42.3 Å². The van der Waals surface area contributed by atoms with Gasteiger partial charge in [-0.1, -0.05) is 31.9 Å². The molecule has 1 aliphatic heterocycles. The Hall–Kier alpha value is -1.00. The van der Waals surface area contributed by atoms with Crippen LogP contribution in [0.1, 0.15) is 50.6 Å². The number of hydrogen-bond acceptors (Lipinski definition) is 3. The Bertz CT molecular complexity index is 474. The Kier molecular flexibility index (Phi) is 6.77. The molecule has 2 rings (SSSR count). The summed E-state index contributed by atoms with van der Waals surface area (Å²) in [6.07, 6.45) is 7.37. The predicted octanol–water partition coefficient (Wildman–Crippen LogP) is 4.44. The molecule has 1 saturated heterocycles. The van der Waals surface area contributed by atoms with E-state index in [4.69, 9.17) is 0 Å². The molecule has 0 bridgehead atoms. The van der Waals surface area contributed by atoms with Gasteiger partial charge < -0.3 is 5.11 Å². The Balaban J connectivity index is 2.15. The summed E-state index contributed by atoms with van der Waals surface area (Å²) in [6, 6.07) is 9.15. The quantitative estimate of drug-likeness (QED) is 0.754. The van der Waals surface area contributed by atoms with E-state index in [1.54, 1.807) is 11.8 Å². The SMILES string of the molecule is CCCCC(c1ccc(SC)cc1)N1CCCC(C(=O)O)C1. The number of likely N-dealkylation sites (tertiary alicyclic amines) is 1. The molecule has 1 N–H and O–H groups in total. The number of piperidine rings is 1. The van der Waals surface area contributed by atoms with Crippen LogP contribution in [0.3, 0.4) is 0 Å². The van der Waals surface area contributed by atoms with Crippen molar-refractivity contribution >= 4 is 17.7 Å². The van der Waals surface area contributed by atoms with Crippen molar-refractivity contribution in [1.82, 2.24) is 4.90 Å². The number of carboxylic acids is 1. The molecular formula is C18H27NO2S. The molecule has 22 heavy (non-hydrogen) atoms. The van der Waals surface area contributed by atoms with E-state index in [1.807, 2.05) is 0 Å². The second kappa shape index (κ2) is 8.59. The molecule has 0 radical (unpaired) electrons. The summed E-state index contributed by atoms with van der Waals surface area (Å²) in [6.45, 7) is 3.92. The molecule has 1 fully saturated rings. The monoisotopic (exact) mass is 321 g/mol. The number of nitrogens with zero attached hydrogens (tertiary/aromatic N) is 1. The third-order valence-electron chi connectivity index (χ3n) is 4.57. The summed E-state index contributed by atoms with van der Waals surface area (Å²) in [4.78, 5) is 15.0. The van der Waals surface area contributed by atoms with Crippen LogP contribution in [0.5, 0.6) is 0 Å². The highest BCUT2D eigenvalue weighted by atomic mass is 32.2. The largest absolute Gasteiger partial charge is 0.481 e. The second-order valence-electron chi connectivity index (χ2n) is 6.10. The zero-order chi connectivity index (χ0) is 15.9. The van der Waals surface area contributed by atoms with E-state index in [1.165, 1.54) is 23.3 Å². The third-order valence-corrected chi connectivity index (χ3v) is 5.32. The predicted molar refractivity (Wildman–Crippen MR) is 92.4 cm³/mol. The van der Waals surface area contributed by atoms with Gasteiger partial charge in [-0.15, -0.1) is 11.8 Å². The minimum atomic E-state index is -0.642. The number of rotatable bonds is 7. The number of hydrogen-bond donors (Lipinski definition) is 1. The topological polar surface area (TPSA) is 40.5 Å². The summed E-state index contributed by atoms with van der Waals surface area (Å²) in [5, 5.41) is 9.32. The van der Waals surface area contributed by atoms with Gasteiger partial charge in [0.2, 0.25) is 0 Å². The van der Waals surface area contributed by atoms with Crippen LogP contribution in [0.25, 0.3) is 0 Å². The zero-order valence-corrected chi connectivity index (χ0v) is 14.4. The molecule has 0 spiro atoms. The number of aliphatic carboxylic acids is 1. The van der Waals surface area contributed by atoms with Gasteiger partial charge in [0.05, 0.1) is 5.92 Å². The lowest BCUT2D eigenvalue weighted by molar-refractivity contribution is -0.144. The fourth-order valence-electron chi connectivity index (χ4n) is 3.27.